The van der Waals surface area contributed by atoms with Crippen LogP contribution in [-0.4, -0.2) is 49.6 Å². The van der Waals surface area contributed by atoms with Crippen molar-refractivity contribution in [1.29, 1.82) is 0 Å². The number of hydrogen-bond acceptors (Lipinski definition) is 4. The Labute approximate surface area is 120 Å². The second-order valence-electron chi connectivity index (χ2n) is 5.24. The number of ether oxygens (including phenoxy) is 1. The number of nitrogens with zero attached hydrogens (tertiary/aromatic N) is 1. The Balaban J connectivity index is 1.93. The van der Waals surface area contributed by atoms with Crippen molar-refractivity contribution in [2.75, 3.05) is 38.0 Å². The molecule has 0 aliphatic carbocycles. The number of para-hydroxylation sites is 2. The summed E-state index contributed by atoms with van der Waals surface area (Å²) in [5.74, 6) is 0.725. The highest BCUT2D eigenvalue weighted by Crippen LogP contribution is 2.24. The molecule has 1 heterocycles. The largest absolute Gasteiger partial charge is 0.489 e. The van der Waals surface area contributed by atoms with Crippen LogP contribution in [0.2, 0.25) is 0 Å². The molecule has 2 N–H and O–H groups in total. The van der Waals surface area contributed by atoms with Crippen LogP contribution in [0.5, 0.6) is 5.75 Å². The molecule has 0 radical (unpaired) electrons. The minimum Gasteiger partial charge on any atom is -0.489 e. The van der Waals surface area contributed by atoms with Crippen LogP contribution in [0.1, 0.15) is 13.8 Å². The first-order chi connectivity index (χ1) is 9.65. The smallest absolute Gasteiger partial charge is 0.238 e. The van der Waals surface area contributed by atoms with Crippen LogP contribution in [0.25, 0.3) is 0 Å². The quantitative estimate of drug-likeness (QED) is 0.852. The van der Waals surface area contributed by atoms with Gasteiger partial charge in [-0.25, -0.2) is 0 Å². The Kier molecular flexibility index (Phi) is 5.38. The summed E-state index contributed by atoms with van der Waals surface area (Å²) in [6, 6.07) is 7.55. The SMILES string of the molecule is CC(C)Oc1ccccc1NC(=O)CN1CCNCC1. The standard InChI is InChI=1S/C15H23N3O2/c1-12(2)20-14-6-4-3-5-13(14)17-15(19)11-18-9-7-16-8-10-18/h3-6,12,16H,7-11H2,1-2H3,(H,17,19). The lowest BCUT2D eigenvalue weighted by atomic mass is 10.2. The van der Waals surface area contributed by atoms with Crippen molar-refractivity contribution >= 4 is 11.6 Å². The van der Waals surface area contributed by atoms with E-state index in [0.29, 0.717) is 6.54 Å². The van der Waals surface area contributed by atoms with Crippen molar-refractivity contribution in [2.24, 2.45) is 0 Å². The zero-order valence-electron chi connectivity index (χ0n) is 12.2. The summed E-state index contributed by atoms with van der Waals surface area (Å²) in [5.41, 5.74) is 0.737. The highest BCUT2D eigenvalue weighted by molar-refractivity contribution is 5.93. The first-order valence-electron chi connectivity index (χ1n) is 7.14. The number of nitrogens with one attached hydrogen (secondary N) is 2. The zero-order chi connectivity index (χ0) is 14.4. The molecule has 1 aromatic rings. The fourth-order valence-electron chi connectivity index (χ4n) is 2.19. The van der Waals surface area contributed by atoms with Crippen molar-refractivity contribution in [2.45, 2.75) is 20.0 Å². The van der Waals surface area contributed by atoms with E-state index in [-0.39, 0.29) is 12.0 Å². The van der Waals surface area contributed by atoms with Crippen LogP contribution in [0.3, 0.4) is 0 Å². The van der Waals surface area contributed by atoms with Gasteiger partial charge in [-0.05, 0) is 26.0 Å². The van der Waals surface area contributed by atoms with Crippen molar-refractivity contribution in [3.05, 3.63) is 24.3 Å². The van der Waals surface area contributed by atoms with Crippen molar-refractivity contribution < 1.29 is 9.53 Å². The second-order valence-corrected chi connectivity index (χ2v) is 5.24. The molecule has 0 bridgehead atoms. The maximum absolute atomic E-state index is 12.1. The minimum atomic E-state index is 0.00621. The molecule has 0 spiro atoms. The number of anilines is 1. The number of hydrogen-bond donors (Lipinski definition) is 2. The van der Waals surface area contributed by atoms with E-state index in [4.69, 9.17) is 4.74 Å². The summed E-state index contributed by atoms with van der Waals surface area (Å²) in [4.78, 5) is 14.2. The fraction of sp³-hybridized carbons (Fsp3) is 0.533. The lowest BCUT2D eigenvalue weighted by Crippen LogP contribution is -2.46. The molecule has 0 saturated carbocycles. The number of piperazine rings is 1. The number of benzene rings is 1. The van der Waals surface area contributed by atoms with Crippen LogP contribution < -0.4 is 15.4 Å². The summed E-state index contributed by atoms with van der Waals surface area (Å²) in [5, 5.41) is 6.21. The number of carbonyl (C=O) groups excluding carboxylic acids is 1. The molecule has 110 valence electrons. The Morgan fingerprint density at radius 1 is 1.35 bits per heavy atom. The molecule has 1 aromatic carbocycles. The van der Waals surface area contributed by atoms with Crippen molar-refractivity contribution in [3.8, 4) is 5.75 Å². The van der Waals surface area contributed by atoms with Gasteiger partial charge in [0.25, 0.3) is 0 Å². The predicted molar refractivity (Wildman–Crippen MR) is 80.1 cm³/mol. The van der Waals surface area contributed by atoms with Crippen LogP contribution >= 0.6 is 0 Å². The highest BCUT2D eigenvalue weighted by Gasteiger charge is 2.15. The average Bonchev–Trinajstić information content (AvgIpc) is 2.41. The second kappa shape index (κ2) is 7.26. The Bertz CT molecular complexity index is 442. The van der Waals surface area contributed by atoms with E-state index in [2.05, 4.69) is 15.5 Å². The lowest BCUT2D eigenvalue weighted by molar-refractivity contribution is -0.117. The van der Waals surface area contributed by atoms with Crippen LogP contribution in [0.4, 0.5) is 5.69 Å². The molecule has 1 fully saturated rings. The molecular formula is C15H23N3O2. The molecule has 1 aliphatic rings. The molecule has 1 amide bonds. The molecule has 1 aliphatic heterocycles. The van der Waals surface area contributed by atoms with E-state index in [1.54, 1.807) is 0 Å². The summed E-state index contributed by atoms with van der Waals surface area (Å²) < 4.78 is 5.70. The van der Waals surface area contributed by atoms with Gasteiger partial charge in [0.1, 0.15) is 5.75 Å². The molecule has 0 atom stereocenters. The molecular weight excluding hydrogens is 254 g/mol. The van der Waals surface area contributed by atoms with Crippen molar-refractivity contribution in [1.82, 2.24) is 10.2 Å². The highest BCUT2D eigenvalue weighted by atomic mass is 16.5. The fourth-order valence-corrected chi connectivity index (χ4v) is 2.19. The van der Waals surface area contributed by atoms with E-state index in [9.17, 15) is 4.79 Å². The van der Waals surface area contributed by atoms with Crippen LogP contribution in [-0.2, 0) is 4.79 Å². The molecule has 0 aromatic heterocycles. The maximum Gasteiger partial charge on any atom is 0.238 e. The van der Waals surface area contributed by atoms with Gasteiger partial charge in [-0.3, -0.25) is 9.69 Å². The van der Waals surface area contributed by atoms with Gasteiger partial charge in [-0.1, -0.05) is 12.1 Å². The van der Waals surface area contributed by atoms with Gasteiger partial charge >= 0.3 is 0 Å². The predicted octanol–water partition coefficient (Wildman–Crippen LogP) is 1.32. The third-order valence-electron chi connectivity index (χ3n) is 3.10. The summed E-state index contributed by atoms with van der Waals surface area (Å²) in [6.07, 6.45) is 0.0845. The van der Waals surface area contributed by atoms with Gasteiger partial charge in [-0.2, -0.15) is 0 Å². The van der Waals surface area contributed by atoms with E-state index < -0.39 is 0 Å². The zero-order valence-corrected chi connectivity index (χ0v) is 12.2. The normalized spacial score (nSPS) is 16.1. The molecule has 1 saturated heterocycles. The van der Waals surface area contributed by atoms with Gasteiger partial charge in [0.15, 0.2) is 0 Å². The van der Waals surface area contributed by atoms with Gasteiger partial charge < -0.3 is 15.4 Å². The van der Waals surface area contributed by atoms with Crippen molar-refractivity contribution in [3.63, 3.8) is 0 Å². The lowest BCUT2D eigenvalue weighted by Gasteiger charge is -2.26. The molecule has 5 heteroatoms. The number of carbonyl (C=O) groups is 1. The average molecular weight is 277 g/mol. The van der Waals surface area contributed by atoms with Crippen LogP contribution in [0.15, 0.2) is 24.3 Å². The van der Waals surface area contributed by atoms with Crippen LogP contribution in [0, 0.1) is 0 Å². The van der Waals surface area contributed by atoms with Gasteiger partial charge in [0, 0.05) is 26.2 Å². The summed E-state index contributed by atoms with van der Waals surface area (Å²) in [7, 11) is 0. The Morgan fingerprint density at radius 3 is 2.75 bits per heavy atom. The molecule has 2 rings (SSSR count). The summed E-state index contributed by atoms with van der Waals surface area (Å²) >= 11 is 0. The molecule has 20 heavy (non-hydrogen) atoms. The maximum atomic E-state index is 12.1. The Hall–Kier alpha value is -1.59. The van der Waals surface area contributed by atoms with Gasteiger partial charge in [0.05, 0.1) is 18.3 Å². The molecule has 5 nitrogen and oxygen atoms in total. The van der Waals surface area contributed by atoms with Gasteiger partial charge in [-0.15, -0.1) is 0 Å². The van der Waals surface area contributed by atoms with E-state index in [0.717, 1.165) is 37.6 Å². The van der Waals surface area contributed by atoms with E-state index in [1.165, 1.54) is 0 Å². The Morgan fingerprint density at radius 2 is 2.05 bits per heavy atom. The first kappa shape index (κ1) is 14.8. The molecule has 0 unspecified atom stereocenters. The number of rotatable bonds is 5. The third-order valence-corrected chi connectivity index (χ3v) is 3.10. The van der Waals surface area contributed by atoms with E-state index in [1.807, 2.05) is 38.1 Å². The topological polar surface area (TPSA) is 53.6 Å². The third kappa shape index (κ3) is 4.51. The van der Waals surface area contributed by atoms with E-state index >= 15 is 0 Å². The number of amides is 1. The van der Waals surface area contributed by atoms with Gasteiger partial charge in [0.2, 0.25) is 5.91 Å². The monoisotopic (exact) mass is 277 g/mol. The minimum absolute atomic E-state index is 0.00621. The first-order valence-corrected chi connectivity index (χ1v) is 7.14. The summed E-state index contributed by atoms with van der Waals surface area (Å²) in [6.45, 7) is 8.09.